The Morgan fingerprint density at radius 3 is 2.40 bits per heavy atom. The molecule has 2 N–H and O–H groups in total. The molecule has 0 atom stereocenters. The standard InChI is InChI=1S/C13H23N3O3S/c1-15(2)20(17,18)11-6-7-13(12(14)10-11)16(3)8-5-9-19-4/h6-7,10H,5,8-9,14H2,1-4H3. The second-order valence-corrected chi connectivity index (χ2v) is 6.93. The zero-order valence-electron chi connectivity index (χ0n) is 12.5. The second-order valence-electron chi connectivity index (χ2n) is 4.78. The van der Waals surface area contributed by atoms with E-state index in [0.717, 1.165) is 18.7 Å². The van der Waals surface area contributed by atoms with Gasteiger partial charge in [0.2, 0.25) is 10.0 Å². The molecule has 7 heteroatoms. The number of anilines is 2. The second kappa shape index (κ2) is 6.92. The molecule has 0 aliphatic heterocycles. The van der Waals surface area contributed by atoms with Crippen LogP contribution in [0.2, 0.25) is 0 Å². The van der Waals surface area contributed by atoms with E-state index in [0.29, 0.717) is 12.3 Å². The average Bonchev–Trinajstić information content (AvgIpc) is 2.38. The van der Waals surface area contributed by atoms with Gasteiger partial charge in [0.25, 0.3) is 0 Å². The Morgan fingerprint density at radius 1 is 1.25 bits per heavy atom. The van der Waals surface area contributed by atoms with Gasteiger partial charge in [-0.2, -0.15) is 0 Å². The van der Waals surface area contributed by atoms with Crippen LogP contribution >= 0.6 is 0 Å². The first kappa shape index (κ1) is 16.7. The third-order valence-electron chi connectivity index (χ3n) is 3.03. The Bertz CT molecular complexity index is 544. The predicted molar refractivity (Wildman–Crippen MR) is 81.5 cm³/mol. The van der Waals surface area contributed by atoms with Gasteiger partial charge >= 0.3 is 0 Å². The van der Waals surface area contributed by atoms with Crippen LogP contribution < -0.4 is 10.6 Å². The lowest BCUT2D eigenvalue weighted by Crippen LogP contribution is -2.23. The number of sulfonamides is 1. The molecule has 0 aromatic heterocycles. The topological polar surface area (TPSA) is 75.9 Å². The molecule has 0 heterocycles. The molecule has 0 aliphatic rings. The molecule has 20 heavy (non-hydrogen) atoms. The molecule has 0 spiro atoms. The van der Waals surface area contributed by atoms with Gasteiger partial charge in [0.1, 0.15) is 0 Å². The molecule has 0 fully saturated rings. The summed E-state index contributed by atoms with van der Waals surface area (Å²) in [4.78, 5) is 2.19. The number of methoxy groups -OCH3 is 1. The minimum atomic E-state index is -3.45. The van der Waals surface area contributed by atoms with Crippen LogP contribution in [0.25, 0.3) is 0 Å². The molecule has 0 saturated carbocycles. The van der Waals surface area contributed by atoms with Crippen LogP contribution in [0.1, 0.15) is 6.42 Å². The molecular weight excluding hydrogens is 278 g/mol. The van der Waals surface area contributed by atoms with Crippen molar-refractivity contribution in [1.82, 2.24) is 4.31 Å². The maximum atomic E-state index is 12.0. The molecule has 0 radical (unpaired) electrons. The maximum Gasteiger partial charge on any atom is 0.242 e. The Hall–Kier alpha value is -1.31. The number of benzene rings is 1. The van der Waals surface area contributed by atoms with E-state index in [4.69, 9.17) is 10.5 Å². The molecule has 0 aliphatic carbocycles. The van der Waals surface area contributed by atoms with Crippen LogP contribution in [0.15, 0.2) is 23.1 Å². The highest BCUT2D eigenvalue weighted by Gasteiger charge is 2.18. The van der Waals surface area contributed by atoms with Crippen LogP contribution in [0.5, 0.6) is 0 Å². The van der Waals surface area contributed by atoms with E-state index in [1.165, 1.54) is 24.5 Å². The molecule has 6 nitrogen and oxygen atoms in total. The van der Waals surface area contributed by atoms with Crippen molar-refractivity contribution in [3.8, 4) is 0 Å². The fourth-order valence-electron chi connectivity index (χ4n) is 1.82. The summed E-state index contributed by atoms with van der Waals surface area (Å²) in [5.41, 5.74) is 7.24. The summed E-state index contributed by atoms with van der Waals surface area (Å²) in [5.74, 6) is 0. The number of nitrogens with zero attached hydrogens (tertiary/aromatic N) is 2. The van der Waals surface area contributed by atoms with Gasteiger partial charge in [0.15, 0.2) is 0 Å². The van der Waals surface area contributed by atoms with Gasteiger partial charge in [-0.05, 0) is 24.6 Å². The summed E-state index contributed by atoms with van der Waals surface area (Å²) in [6.45, 7) is 1.47. The van der Waals surface area contributed by atoms with Crippen LogP contribution in [-0.4, -0.2) is 54.1 Å². The maximum absolute atomic E-state index is 12.0. The van der Waals surface area contributed by atoms with Crippen LogP contribution in [0.3, 0.4) is 0 Å². The van der Waals surface area contributed by atoms with Gasteiger partial charge in [-0.1, -0.05) is 0 Å². The van der Waals surface area contributed by atoms with Crippen molar-refractivity contribution in [2.24, 2.45) is 0 Å². The van der Waals surface area contributed by atoms with Crippen molar-refractivity contribution in [3.05, 3.63) is 18.2 Å². The normalized spacial score (nSPS) is 11.8. The molecule has 1 aromatic rings. The fraction of sp³-hybridized carbons (Fsp3) is 0.538. The smallest absolute Gasteiger partial charge is 0.242 e. The lowest BCUT2D eigenvalue weighted by molar-refractivity contribution is 0.196. The SMILES string of the molecule is COCCCN(C)c1ccc(S(=O)(=O)N(C)C)cc1N. The summed E-state index contributed by atoms with van der Waals surface area (Å²) in [6, 6.07) is 4.81. The van der Waals surface area contributed by atoms with Crippen molar-refractivity contribution >= 4 is 21.4 Å². The monoisotopic (exact) mass is 301 g/mol. The van der Waals surface area contributed by atoms with E-state index in [9.17, 15) is 8.42 Å². The Balaban J connectivity index is 2.94. The number of nitrogens with two attached hydrogens (primary N) is 1. The highest BCUT2D eigenvalue weighted by atomic mass is 32.2. The van der Waals surface area contributed by atoms with Crippen molar-refractivity contribution in [2.45, 2.75) is 11.3 Å². The molecule has 0 amide bonds. The van der Waals surface area contributed by atoms with Crippen molar-refractivity contribution in [2.75, 3.05) is 52.0 Å². The number of ether oxygens (including phenoxy) is 1. The van der Waals surface area contributed by atoms with E-state index in [1.54, 1.807) is 19.2 Å². The fourth-order valence-corrected chi connectivity index (χ4v) is 2.76. The number of nitrogen functional groups attached to an aromatic ring is 1. The number of rotatable bonds is 7. The number of hydrogen-bond donors (Lipinski definition) is 1. The van der Waals surface area contributed by atoms with Gasteiger partial charge in [0.05, 0.1) is 16.3 Å². The van der Waals surface area contributed by atoms with Crippen molar-refractivity contribution in [1.29, 1.82) is 0 Å². The Morgan fingerprint density at radius 2 is 1.90 bits per heavy atom. The quantitative estimate of drug-likeness (QED) is 0.600. The van der Waals surface area contributed by atoms with E-state index in [-0.39, 0.29) is 4.90 Å². The Labute approximate surface area is 121 Å². The minimum absolute atomic E-state index is 0.203. The molecule has 0 saturated heterocycles. The zero-order valence-corrected chi connectivity index (χ0v) is 13.3. The minimum Gasteiger partial charge on any atom is -0.397 e. The van der Waals surface area contributed by atoms with Gasteiger partial charge in [-0.25, -0.2) is 12.7 Å². The lowest BCUT2D eigenvalue weighted by Gasteiger charge is -2.22. The molecule has 0 unspecified atom stereocenters. The largest absolute Gasteiger partial charge is 0.397 e. The van der Waals surface area contributed by atoms with E-state index in [2.05, 4.69) is 0 Å². The summed E-state index contributed by atoms with van der Waals surface area (Å²) in [7, 11) is 3.12. The van der Waals surface area contributed by atoms with Crippen LogP contribution in [-0.2, 0) is 14.8 Å². The molecule has 1 aromatic carbocycles. The first-order chi connectivity index (χ1) is 9.30. The molecular formula is C13H23N3O3S. The van der Waals surface area contributed by atoms with E-state index in [1.807, 2.05) is 11.9 Å². The summed E-state index contributed by atoms with van der Waals surface area (Å²) in [6.07, 6.45) is 0.879. The first-order valence-electron chi connectivity index (χ1n) is 6.33. The van der Waals surface area contributed by atoms with E-state index < -0.39 is 10.0 Å². The van der Waals surface area contributed by atoms with Gasteiger partial charge in [-0.3, -0.25) is 0 Å². The predicted octanol–water partition coefficient (Wildman–Crippen LogP) is 0.992. The van der Waals surface area contributed by atoms with Crippen molar-refractivity contribution in [3.63, 3.8) is 0 Å². The zero-order chi connectivity index (χ0) is 15.3. The summed E-state index contributed by atoms with van der Waals surface area (Å²) < 4.78 is 30.2. The molecule has 1 rings (SSSR count). The highest BCUT2D eigenvalue weighted by Crippen LogP contribution is 2.26. The summed E-state index contributed by atoms with van der Waals surface area (Å²) >= 11 is 0. The van der Waals surface area contributed by atoms with E-state index >= 15 is 0 Å². The van der Waals surface area contributed by atoms with Gasteiger partial charge in [0, 0.05) is 41.4 Å². The third kappa shape index (κ3) is 3.84. The first-order valence-corrected chi connectivity index (χ1v) is 7.77. The van der Waals surface area contributed by atoms with Crippen LogP contribution in [0.4, 0.5) is 11.4 Å². The summed E-state index contributed by atoms with van der Waals surface area (Å²) in [5, 5.41) is 0. The van der Waals surface area contributed by atoms with Crippen molar-refractivity contribution < 1.29 is 13.2 Å². The third-order valence-corrected chi connectivity index (χ3v) is 4.84. The Kier molecular flexibility index (Phi) is 5.79. The van der Waals surface area contributed by atoms with Gasteiger partial charge < -0.3 is 15.4 Å². The molecule has 114 valence electrons. The highest BCUT2D eigenvalue weighted by molar-refractivity contribution is 7.89. The molecule has 0 bridgehead atoms. The number of hydrogen-bond acceptors (Lipinski definition) is 5. The average molecular weight is 301 g/mol. The van der Waals surface area contributed by atoms with Gasteiger partial charge in [-0.15, -0.1) is 0 Å². The van der Waals surface area contributed by atoms with Crippen LogP contribution in [0, 0.1) is 0 Å². The lowest BCUT2D eigenvalue weighted by atomic mass is 10.2.